The topological polar surface area (TPSA) is 152 Å². The molecule has 1 aromatic rings. The maximum absolute atomic E-state index is 14.4. The molecule has 1 heterocycles. The van der Waals surface area contributed by atoms with Crippen LogP contribution in [-0.4, -0.2) is 56.8 Å². The highest BCUT2D eigenvalue weighted by atomic mass is 16.5. The van der Waals surface area contributed by atoms with Gasteiger partial charge >= 0.3 is 11.9 Å². The van der Waals surface area contributed by atoms with Crippen molar-refractivity contribution < 1.29 is 33.8 Å². The number of esters is 1. The zero-order chi connectivity index (χ0) is 42.8. The number of rotatable bonds is 8. The summed E-state index contributed by atoms with van der Waals surface area (Å²) in [6.45, 7) is 25.3. The van der Waals surface area contributed by atoms with Gasteiger partial charge in [-0.15, -0.1) is 0 Å². The number of carbonyl (C=O) groups excluding carboxylic acids is 4. The number of ketones is 1. The van der Waals surface area contributed by atoms with Crippen LogP contribution < -0.4 is 10.6 Å². The van der Waals surface area contributed by atoms with Crippen molar-refractivity contribution in [2.75, 3.05) is 0 Å². The van der Waals surface area contributed by atoms with Gasteiger partial charge in [-0.05, 0) is 147 Å². The number of hydrogen-bond donors (Lipinski definition) is 3. The minimum absolute atomic E-state index is 0.0156. The Kier molecular flexibility index (Phi) is 10.1. The van der Waals surface area contributed by atoms with Crippen LogP contribution in [0.15, 0.2) is 29.3 Å². The van der Waals surface area contributed by atoms with E-state index in [1.807, 2.05) is 26.8 Å². The quantitative estimate of drug-likeness (QED) is 0.222. The van der Waals surface area contributed by atoms with Gasteiger partial charge < -0.3 is 20.5 Å². The Morgan fingerprint density at radius 1 is 0.862 bits per heavy atom. The molecule has 10 atom stereocenters. The molecule has 6 aliphatic rings. The monoisotopic (exact) mass is 800 g/mol. The molecule has 7 rings (SSSR count). The van der Waals surface area contributed by atoms with Gasteiger partial charge in [0, 0.05) is 17.5 Å². The summed E-state index contributed by atoms with van der Waals surface area (Å²) in [5, 5.41) is 16.0. The number of carbonyl (C=O) groups is 5. The number of fused-ring (bicyclic) bond motifs is 7. The molecule has 318 valence electrons. The molecule has 5 saturated carbocycles. The Hall–Kier alpha value is -3.56. The highest BCUT2D eigenvalue weighted by molar-refractivity contribution is 6.03. The first kappa shape index (κ1) is 42.6. The average Bonchev–Trinajstić information content (AvgIpc) is 3.40. The third-order valence-electron chi connectivity index (χ3n) is 17.9. The van der Waals surface area contributed by atoms with Gasteiger partial charge in [0.2, 0.25) is 5.91 Å². The van der Waals surface area contributed by atoms with E-state index in [2.05, 4.69) is 64.1 Å². The SMILES string of the molecule is Cc1cccc(C(=O)NC(C)(C)C(=O)N[C@@]23CC[C@]4(C)[C@H](CC[C@@H]5[C@@]6(C)CC[C@H](OC(=O)[C@H]7C[C@@H](C(=O)O)C7(C)C)C(C)(C)[C@@H]6CC[C@]54C)C2=C(C(C)C)C(=O)C3)n1. The van der Waals surface area contributed by atoms with Gasteiger partial charge in [0.15, 0.2) is 5.78 Å². The summed E-state index contributed by atoms with van der Waals surface area (Å²) in [6.07, 6.45) is 7.67. The molecular weight excluding hydrogens is 731 g/mol. The van der Waals surface area contributed by atoms with Gasteiger partial charge in [-0.25, -0.2) is 4.98 Å². The number of pyridine rings is 1. The predicted molar refractivity (Wildman–Crippen MR) is 221 cm³/mol. The van der Waals surface area contributed by atoms with E-state index in [9.17, 15) is 29.1 Å². The van der Waals surface area contributed by atoms with Crippen LogP contribution in [0, 0.1) is 69.5 Å². The molecule has 0 unspecified atom stereocenters. The summed E-state index contributed by atoms with van der Waals surface area (Å²) in [5.74, 6) is -1.69. The van der Waals surface area contributed by atoms with E-state index >= 15 is 0 Å². The van der Waals surface area contributed by atoms with E-state index in [4.69, 9.17) is 4.74 Å². The van der Waals surface area contributed by atoms with E-state index in [0.29, 0.717) is 30.4 Å². The van der Waals surface area contributed by atoms with Gasteiger partial charge in [-0.2, -0.15) is 0 Å². The largest absolute Gasteiger partial charge is 0.481 e. The Morgan fingerprint density at radius 3 is 2.17 bits per heavy atom. The van der Waals surface area contributed by atoms with Crippen molar-refractivity contribution in [3.8, 4) is 0 Å². The third-order valence-corrected chi connectivity index (χ3v) is 17.9. The van der Waals surface area contributed by atoms with E-state index < -0.39 is 40.2 Å². The zero-order valence-electron chi connectivity index (χ0n) is 37.2. The number of aliphatic carboxylic acids is 1. The Bertz CT molecular complexity index is 1960. The number of nitrogens with zero attached hydrogens (tertiary/aromatic N) is 1. The van der Waals surface area contributed by atoms with Crippen molar-refractivity contribution in [2.24, 2.45) is 62.6 Å². The smallest absolute Gasteiger partial charge is 0.309 e. The lowest BCUT2D eigenvalue weighted by molar-refractivity contribution is -0.235. The van der Waals surface area contributed by atoms with Gasteiger partial charge in [0.1, 0.15) is 17.3 Å². The average molecular weight is 800 g/mol. The number of ether oxygens (including phenoxy) is 1. The number of amides is 2. The van der Waals surface area contributed by atoms with Crippen LogP contribution >= 0.6 is 0 Å². The van der Waals surface area contributed by atoms with Crippen LogP contribution in [-0.2, 0) is 23.9 Å². The molecule has 3 N–H and O–H groups in total. The van der Waals surface area contributed by atoms with E-state index in [1.54, 1.807) is 26.0 Å². The Balaban J connectivity index is 1.14. The second kappa shape index (κ2) is 13.7. The number of nitrogens with one attached hydrogen (secondary N) is 2. The number of aromatic nitrogens is 1. The highest BCUT2D eigenvalue weighted by Crippen LogP contribution is 2.76. The molecule has 0 bridgehead atoms. The first-order valence-corrected chi connectivity index (χ1v) is 22.1. The fourth-order valence-corrected chi connectivity index (χ4v) is 14.4. The Morgan fingerprint density at radius 2 is 1.55 bits per heavy atom. The molecule has 0 radical (unpaired) electrons. The van der Waals surface area contributed by atoms with Crippen molar-refractivity contribution in [2.45, 2.75) is 164 Å². The molecular formula is C48H69N3O7. The van der Waals surface area contributed by atoms with Crippen LogP contribution in [0.3, 0.4) is 0 Å². The van der Waals surface area contributed by atoms with Gasteiger partial charge in [-0.1, -0.05) is 68.4 Å². The van der Waals surface area contributed by atoms with Gasteiger partial charge in [-0.3, -0.25) is 24.0 Å². The lowest BCUT2D eigenvalue weighted by Crippen LogP contribution is -2.68. The van der Waals surface area contributed by atoms with Crippen LogP contribution in [0.1, 0.15) is 157 Å². The summed E-state index contributed by atoms with van der Waals surface area (Å²) >= 11 is 0. The molecule has 5 fully saturated rings. The molecule has 0 saturated heterocycles. The second-order valence-corrected chi connectivity index (χ2v) is 22.3. The van der Waals surface area contributed by atoms with Crippen LogP contribution in [0.2, 0.25) is 0 Å². The molecule has 0 spiro atoms. The number of allylic oxidation sites excluding steroid dienone is 1. The first-order chi connectivity index (χ1) is 26.8. The lowest BCUT2D eigenvalue weighted by Gasteiger charge is -2.72. The van der Waals surface area contributed by atoms with Crippen molar-refractivity contribution >= 4 is 29.5 Å². The molecule has 10 heteroatoms. The van der Waals surface area contributed by atoms with E-state index in [-0.39, 0.29) is 69.4 Å². The molecule has 10 nitrogen and oxygen atoms in total. The lowest BCUT2D eigenvalue weighted by atomic mass is 9.33. The highest BCUT2D eigenvalue weighted by Gasteiger charge is 2.71. The van der Waals surface area contributed by atoms with E-state index in [0.717, 1.165) is 56.1 Å². The van der Waals surface area contributed by atoms with Crippen LogP contribution in [0.5, 0.6) is 0 Å². The van der Waals surface area contributed by atoms with Gasteiger partial charge in [0.25, 0.3) is 5.91 Å². The predicted octanol–water partition coefficient (Wildman–Crippen LogP) is 8.41. The fraction of sp³-hybridized carbons (Fsp3) is 0.750. The summed E-state index contributed by atoms with van der Waals surface area (Å²) < 4.78 is 6.41. The third kappa shape index (κ3) is 6.13. The number of carboxylic acids is 1. The van der Waals surface area contributed by atoms with Crippen molar-refractivity contribution in [3.63, 3.8) is 0 Å². The maximum Gasteiger partial charge on any atom is 0.309 e. The fourth-order valence-electron chi connectivity index (χ4n) is 14.4. The van der Waals surface area contributed by atoms with Crippen molar-refractivity contribution in [1.82, 2.24) is 15.6 Å². The molecule has 2 amide bonds. The Labute approximate surface area is 345 Å². The number of aryl methyl sites for hydroxylation is 1. The maximum atomic E-state index is 14.4. The molecule has 0 aliphatic heterocycles. The standard InChI is InChI=1S/C48H69N3O7/c1-26(2)36-32(52)25-48(51-41(57)44(8,9)50-38(53)31-15-13-14-27(3)49-31)23-22-46(11)28(37(36)48)16-17-34-45(10)20-19-35(43(6,7)33(45)18-21-47(34,46)12)58-40(56)30-24-29(39(54)55)42(30,4)5/h13-15,26,28-30,33-35H,16-25H2,1-12H3,(H,50,53)(H,51,57)(H,54,55)/t28-,29+,30-,33+,34-,35+,45+,46-,47-,48-/m1/s1. The number of hydrogen-bond acceptors (Lipinski definition) is 7. The van der Waals surface area contributed by atoms with Crippen molar-refractivity contribution in [3.05, 3.63) is 40.7 Å². The molecule has 58 heavy (non-hydrogen) atoms. The zero-order valence-corrected chi connectivity index (χ0v) is 37.2. The molecule has 1 aromatic heterocycles. The first-order valence-electron chi connectivity index (χ1n) is 22.1. The van der Waals surface area contributed by atoms with E-state index in [1.165, 1.54) is 0 Å². The summed E-state index contributed by atoms with van der Waals surface area (Å²) in [7, 11) is 0. The van der Waals surface area contributed by atoms with Gasteiger partial charge in [0.05, 0.1) is 17.4 Å². The minimum atomic E-state index is -1.25. The van der Waals surface area contributed by atoms with Crippen molar-refractivity contribution in [1.29, 1.82) is 0 Å². The normalized spacial score (nSPS) is 38.7. The molecule has 0 aromatic carbocycles. The van der Waals surface area contributed by atoms with Crippen LogP contribution in [0.4, 0.5) is 0 Å². The second-order valence-electron chi connectivity index (χ2n) is 22.3. The number of carboxylic acid groups (broad SMARTS) is 1. The summed E-state index contributed by atoms with van der Waals surface area (Å²) in [6, 6.07) is 5.24. The minimum Gasteiger partial charge on any atom is -0.481 e. The van der Waals surface area contributed by atoms with Crippen LogP contribution in [0.25, 0.3) is 0 Å². The molecule has 6 aliphatic carbocycles. The number of Topliss-reactive ketones (excluding diaryl/α,β-unsaturated/α-hetero) is 1. The summed E-state index contributed by atoms with van der Waals surface area (Å²) in [5.41, 5.74) is -0.0332. The summed E-state index contributed by atoms with van der Waals surface area (Å²) in [4.78, 5) is 71.6.